The Morgan fingerprint density at radius 1 is 1.21 bits per heavy atom. The van der Waals surface area contributed by atoms with Crippen LogP contribution in [-0.2, 0) is 4.79 Å². The average molecular weight is 277 g/mol. The van der Waals surface area contributed by atoms with E-state index in [1.165, 1.54) is 0 Å². The lowest BCUT2D eigenvalue weighted by Crippen LogP contribution is -2.47. The van der Waals surface area contributed by atoms with Crippen LogP contribution in [0.3, 0.4) is 0 Å². The first-order valence-corrected chi connectivity index (χ1v) is 5.10. The molecule has 0 saturated carbocycles. The highest BCUT2D eigenvalue weighted by Crippen LogP contribution is 2.13. The largest absolute Gasteiger partial charge is 0.480 e. The summed E-state index contributed by atoms with van der Waals surface area (Å²) >= 11 is 0. The number of aliphatic hydroxyl groups is 1. The molecule has 8 heteroatoms. The fourth-order valence-corrected chi connectivity index (χ4v) is 1.30. The number of benzene rings is 1. The lowest BCUT2D eigenvalue weighted by atomic mass is 10.1. The van der Waals surface area contributed by atoms with Crippen LogP contribution < -0.4 is 5.32 Å². The number of hydrogen-bond donors (Lipinski definition) is 3. The van der Waals surface area contributed by atoms with Gasteiger partial charge in [0, 0.05) is 5.56 Å². The van der Waals surface area contributed by atoms with Crippen molar-refractivity contribution in [1.82, 2.24) is 5.32 Å². The van der Waals surface area contributed by atoms with Gasteiger partial charge < -0.3 is 15.5 Å². The van der Waals surface area contributed by atoms with E-state index in [-0.39, 0.29) is 0 Å². The van der Waals surface area contributed by atoms with E-state index in [1.54, 1.807) is 0 Å². The summed E-state index contributed by atoms with van der Waals surface area (Å²) in [6, 6.07) is -0.799. The van der Waals surface area contributed by atoms with Crippen molar-refractivity contribution < 1.29 is 33.0 Å². The fraction of sp³-hybridized carbons (Fsp3) is 0.273. The Morgan fingerprint density at radius 3 is 2.05 bits per heavy atom. The second kappa shape index (κ2) is 5.70. The molecule has 1 amide bonds. The SMILES string of the molecule is CC(O)C(NC(=O)c1cc(F)c(F)c(F)c1)C(=O)O. The van der Waals surface area contributed by atoms with Gasteiger partial charge in [0.1, 0.15) is 0 Å². The van der Waals surface area contributed by atoms with Gasteiger partial charge in [-0.15, -0.1) is 0 Å². The maximum absolute atomic E-state index is 12.9. The zero-order valence-electron chi connectivity index (χ0n) is 9.65. The van der Waals surface area contributed by atoms with Crippen molar-refractivity contribution in [2.45, 2.75) is 19.1 Å². The third kappa shape index (κ3) is 3.44. The summed E-state index contributed by atoms with van der Waals surface area (Å²) < 4.78 is 38.5. The van der Waals surface area contributed by atoms with Gasteiger partial charge in [-0.3, -0.25) is 4.79 Å². The smallest absolute Gasteiger partial charge is 0.328 e. The topological polar surface area (TPSA) is 86.6 Å². The Kier molecular flexibility index (Phi) is 4.49. The fourth-order valence-electron chi connectivity index (χ4n) is 1.30. The summed E-state index contributed by atoms with van der Waals surface area (Å²) in [6.07, 6.45) is -1.42. The monoisotopic (exact) mass is 277 g/mol. The number of carboxylic acids is 1. The van der Waals surface area contributed by atoms with E-state index < -0.39 is 47.0 Å². The third-order valence-electron chi connectivity index (χ3n) is 2.28. The quantitative estimate of drug-likeness (QED) is 0.706. The van der Waals surface area contributed by atoms with E-state index in [0.717, 1.165) is 6.92 Å². The van der Waals surface area contributed by atoms with Crippen molar-refractivity contribution >= 4 is 11.9 Å². The molecule has 0 fully saturated rings. The zero-order chi connectivity index (χ0) is 14.7. The molecule has 0 aliphatic carbocycles. The second-order valence-electron chi connectivity index (χ2n) is 3.78. The highest BCUT2D eigenvalue weighted by molar-refractivity contribution is 5.96. The zero-order valence-corrected chi connectivity index (χ0v) is 9.65. The van der Waals surface area contributed by atoms with Gasteiger partial charge in [0.15, 0.2) is 23.5 Å². The number of rotatable bonds is 4. The molecule has 0 heterocycles. The van der Waals surface area contributed by atoms with Gasteiger partial charge in [-0.2, -0.15) is 0 Å². The molecule has 19 heavy (non-hydrogen) atoms. The van der Waals surface area contributed by atoms with Crippen molar-refractivity contribution in [3.05, 3.63) is 35.1 Å². The number of carbonyl (C=O) groups is 2. The van der Waals surface area contributed by atoms with Gasteiger partial charge in [0.25, 0.3) is 5.91 Å². The number of carbonyl (C=O) groups excluding carboxylic acids is 1. The Morgan fingerprint density at radius 2 is 1.68 bits per heavy atom. The molecular formula is C11H10F3NO4. The van der Waals surface area contributed by atoms with Crippen LogP contribution in [0.15, 0.2) is 12.1 Å². The van der Waals surface area contributed by atoms with E-state index in [9.17, 15) is 22.8 Å². The van der Waals surface area contributed by atoms with Gasteiger partial charge in [-0.25, -0.2) is 18.0 Å². The molecule has 0 saturated heterocycles. The van der Waals surface area contributed by atoms with Crippen molar-refractivity contribution in [3.63, 3.8) is 0 Å². The highest BCUT2D eigenvalue weighted by atomic mass is 19.2. The van der Waals surface area contributed by atoms with Gasteiger partial charge in [-0.1, -0.05) is 0 Å². The number of hydrogen-bond acceptors (Lipinski definition) is 3. The molecule has 0 bridgehead atoms. The molecule has 2 unspecified atom stereocenters. The van der Waals surface area contributed by atoms with Crippen LogP contribution in [0.2, 0.25) is 0 Å². The molecule has 0 spiro atoms. The van der Waals surface area contributed by atoms with Gasteiger partial charge in [-0.05, 0) is 19.1 Å². The molecule has 0 aromatic heterocycles. The molecule has 3 N–H and O–H groups in total. The van der Waals surface area contributed by atoms with Gasteiger partial charge in [0.2, 0.25) is 0 Å². The maximum Gasteiger partial charge on any atom is 0.328 e. The summed E-state index contributed by atoms with van der Waals surface area (Å²) in [7, 11) is 0. The minimum Gasteiger partial charge on any atom is -0.480 e. The molecular weight excluding hydrogens is 267 g/mol. The predicted octanol–water partition coefficient (Wildman–Crippen LogP) is 0.668. The predicted molar refractivity (Wildman–Crippen MR) is 56.9 cm³/mol. The molecule has 2 atom stereocenters. The maximum atomic E-state index is 12.9. The lowest BCUT2D eigenvalue weighted by molar-refractivity contribution is -0.141. The number of aliphatic hydroxyl groups excluding tert-OH is 1. The molecule has 0 aliphatic rings. The van der Waals surface area contributed by atoms with E-state index >= 15 is 0 Å². The minimum absolute atomic E-state index is 0.425. The molecule has 5 nitrogen and oxygen atoms in total. The average Bonchev–Trinajstić information content (AvgIpc) is 2.31. The summed E-state index contributed by atoms with van der Waals surface area (Å²) in [4.78, 5) is 22.3. The van der Waals surface area contributed by atoms with Crippen molar-refractivity contribution in [2.24, 2.45) is 0 Å². The molecule has 1 aromatic carbocycles. The van der Waals surface area contributed by atoms with Crippen LogP contribution >= 0.6 is 0 Å². The van der Waals surface area contributed by atoms with E-state index in [1.807, 2.05) is 5.32 Å². The van der Waals surface area contributed by atoms with Crippen molar-refractivity contribution in [2.75, 3.05) is 0 Å². The molecule has 1 rings (SSSR count). The molecule has 104 valence electrons. The van der Waals surface area contributed by atoms with Crippen LogP contribution in [0, 0.1) is 17.5 Å². The Hall–Kier alpha value is -2.09. The normalized spacial score (nSPS) is 13.7. The number of aliphatic carboxylic acids is 1. The summed E-state index contributed by atoms with van der Waals surface area (Å²) in [5.74, 6) is -7.55. The standard InChI is InChI=1S/C11H10F3NO4/c1-4(16)9(11(18)19)15-10(17)5-2-6(12)8(14)7(13)3-5/h2-4,9,16H,1H3,(H,15,17)(H,18,19). The van der Waals surface area contributed by atoms with Gasteiger partial charge in [0.05, 0.1) is 6.10 Å². The summed E-state index contributed by atoms with van der Waals surface area (Å²) in [5.41, 5.74) is -0.594. The molecule has 1 aromatic rings. The van der Waals surface area contributed by atoms with Crippen LogP contribution in [0.25, 0.3) is 0 Å². The van der Waals surface area contributed by atoms with Crippen LogP contribution in [-0.4, -0.2) is 34.2 Å². The first kappa shape index (κ1) is 15.0. The number of halogens is 3. The van der Waals surface area contributed by atoms with Gasteiger partial charge >= 0.3 is 5.97 Å². The highest BCUT2D eigenvalue weighted by Gasteiger charge is 2.26. The second-order valence-corrected chi connectivity index (χ2v) is 3.78. The van der Waals surface area contributed by atoms with Crippen LogP contribution in [0.4, 0.5) is 13.2 Å². The lowest BCUT2D eigenvalue weighted by Gasteiger charge is -2.17. The molecule has 0 radical (unpaired) electrons. The van der Waals surface area contributed by atoms with Crippen LogP contribution in [0.5, 0.6) is 0 Å². The number of amides is 1. The Balaban J connectivity index is 2.98. The van der Waals surface area contributed by atoms with E-state index in [4.69, 9.17) is 10.2 Å². The van der Waals surface area contributed by atoms with E-state index in [0.29, 0.717) is 12.1 Å². The van der Waals surface area contributed by atoms with Crippen LogP contribution in [0.1, 0.15) is 17.3 Å². The third-order valence-corrected chi connectivity index (χ3v) is 2.28. The Bertz CT molecular complexity index is 496. The Labute approximate surface area is 105 Å². The number of carboxylic acid groups (broad SMARTS) is 1. The minimum atomic E-state index is -1.73. The van der Waals surface area contributed by atoms with Crippen molar-refractivity contribution in [1.29, 1.82) is 0 Å². The van der Waals surface area contributed by atoms with E-state index in [2.05, 4.69) is 0 Å². The summed E-state index contributed by atoms with van der Waals surface area (Å²) in [6.45, 7) is 1.12. The summed E-state index contributed by atoms with van der Waals surface area (Å²) in [5, 5.41) is 19.7. The first-order chi connectivity index (χ1) is 8.73. The number of nitrogens with one attached hydrogen (secondary N) is 1. The first-order valence-electron chi connectivity index (χ1n) is 5.10. The van der Waals surface area contributed by atoms with Crippen molar-refractivity contribution in [3.8, 4) is 0 Å². The molecule has 0 aliphatic heterocycles.